The van der Waals surface area contributed by atoms with Crippen molar-refractivity contribution in [3.05, 3.63) is 28.8 Å². The van der Waals surface area contributed by atoms with Crippen LogP contribution in [-0.4, -0.2) is 41.8 Å². The number of rotatable bonds is 7. The Morgan fingerprint density at radius 3 is 2.65 bits per heavy atom. The summed E-state index contributed by atoms with van der Waals surface area (Å²) in [5, 5.41) is 8.86. The van der Waals surface area contributed by atoms with Gasteiger partial charge in [0.25, 0.3) is 0 Å². The van der Waals surface area contributed by atoms with Gasteiger partial charge in [-0.1, -0.05) is 18.5 Å². The van der Waals surface area contributed by atoms with E-state index in [9.17, 15) is 17.4 Å². The van der Waals surface area contributed by atoms with Gasteiger partial charge in [-0.2, -0.15) is 0 Å². The largest absolute Gasteiger partial charge is 0.478 e. The summed E-state index contributed by atoms with van der Waals surface area (Å²) in [7, 11) is -4.92. The molecule has 0 aromatic heterocycles. The van der Waals surface area contributed by atoms with Gasteiger partial charge in [-0.25, -0.2) is 17.9 Å². The molecule has 0 bridgehead atoms. The van der Waals surface area contributed by atoms with Gasteiger partial charge in [0.15, 0.2) is 0 Å². The van der Waals surface area contributed by atoms with Crippen LogP contribution in [0, 0.1) is 0 Å². The molecule has 1 aromatic rings. The average Bonchev–Trinajstić information content (AvgIpc) is 2.38. The smallest absolute Gasteiger partial charge is 0.337 e. The molecule has 0 radical (unpaired) electrons. The molecule has 0 amide bonds. The Balaban J connectivity index is 2.90. The van der Waals surface area contributed by atoms with Crippen molar-refractivity contribution in [1.82, 2.24) is 4.72 Å². The fourth-order valence-electron chi connectivity index (χ4n) is 1.35. The Labute approximate surface area is 124 Å². The van der Waals surface area contributed by atoms with E-state index in [4.69, 9.17) is 16.7 Å². The number of benzene rings is 1. The average molecular weight is 340 g/mol. The monoisotopic (exact) mass is 339 g/mol. The van der Waals surface area contributed by atoms with E-state index in [1.807, 2.05) is 0 Å². The minimum atomic E-state index is -3.84. The number of hydrogen-bond donors (Lipinski definition) is 2. The number of aromatic carboxylic acids is 1. The number of carbonyl (C=O) groups is 1. The molecule has 0 aliphatic carbocycles. The van der Waals surface area contributed by atoms with E-state index in [1.165, 1.54) is 12.1 Å². The lowest BCUT2D eigenvalue weighted by molar-refractivity contribution is 0.0697. The van der Waals surface area contributed by atoms with E-state index < -0.39 is 26.8 Å². The van der Waals surface area contributed by atoms with Crippen LogP contribution in [0.5, 0.6) is 0 Å². The molecule has 1 unspecified atom stereocenters. The van der Waals surface area contributed by atoms with Gasteiger partial charge in [0, 0.05) is 28.9 Å². The second-order valence-corrected chi connectivity index (χ2v) is 7.82. The van der Waals surface area contributed by atoms with Crippen LogP contribution in [0.2, 0.25) is 5.02 Å². The predicted octanol–water partition coefficient (Wildman–Crippen LogP) is 1.09. The van der Waals surface area contributed by atoms with Crippen molar-refractivity contribution in [3.63, 3.8) is 0 Å². The highest BCUT2D eigenvalue weighted by molar-refractivity contribution is 7.89. The van der Waals surface area contributed by atoms with Gasteiger partial charge in [-0.05, 0) is 18.2 Å². The molecular weight excluding hydrogens is 326 g/mol. The molecule has 1 rings (SSSR count). The molecule has 0 heterocycles. The molecule has 0 saturated heterocycles. The van der Waals surface area contributed by atoms with Crippen LogP contribution in [0.1, 0.15) is 17.3 Å². The van der Waals surface area contributed by atoms with Crippen molar-refractivity contribution in [1.29, 1.82) is 0 Å². The van der Waals surface area contributed by atoms with E-state index >= 15 is 0 Å². The van der Waals surface area contributed by atoms with Gasteiger partial charge in [0.05, 0.1) is 15.5 Å². The Morgan fingerprint density at radius 1 is 1.45 bits per heavy atom. The van der Waals surface area contributed by atoms with Crippen molar-refractivity contribution in [2.45, 2.75) is 11.8 Å². The minimum Gasteiger partial charge on any atom is -0.478 e. The van der Waals surface area contributed by atoms with E-state index in [2.05, 4.69) is 4.72 Å². The van der Waals surface area contributed by atoms with Crippen molar-refractivity contribution >= 4 is 38.4 Å². The van der Waals surface area contributed by atoms with Gasteiger partial charge in [-0.15, -0.1) is 0 Å². The Morgan fingerprint density at radius 2 is 2.10 bits per heavy atom. The second-order valence-electron chi connectivity index (χ2n) is 3.78. The van der Waals surface area contributed by atoms with Crippen LogP contribution in [0.3, 0.4) is 0 Å². The number of carboxylic acids is 1. The molecule has 0 spiro atoms. The molecule has 112 valence electrons. The first-order valence-corrected chi connectivity index (χ1v) is 9.00. The van der Waals surface area contributed by atoms with Crippen molar-refractivity contribution in [2.24, 2.45) is 0 Å². The van der Waals surface area contributed by atoms with E-state index in [0.29, 0.717) is 5.75 Å². The molecule has 0 saturated carbocycles. The summed E-state index contributed by atoms with van der Waals surface area (Å²) in [6.07, 6.45) is 0. The first-order chi connectivity index (χ1) is 9.27. The van der Waals surface area contributed by atoms with Gasteiger partial charge < -0.3 is 5.11 Å². The van der Waals surface area contributed by atoms with Gasteiger partial charge in [-0.3, -0.25) is 4.21 Å². The highest BCUT2D eigenvalue weighted by atomic mass is 35.5. The Bertz CT molecular complexity index is 630. The Kier molecular flexibility index (Phi) is 6.12. The molecule has 1 atom stereocenters. The quantitative estimate of drug-likeness (QED) is 0.774. The lowest BCUT2D eigenvalue weighted by Gasteiger charge is -2.08. The lowest BCUT2D eigenvalue weighted by Crippen LogP contribution is -2.28. The van der Waals surface area contributed by atoms with Crippen molar-refractivity contribution < 1.29 is 22.5 Å². The summed E-state index contributed by atoms with van der Waals surface area (Å²) in [4.78, 5) is 10.7. The van der Waals surface area contributed by atoms with Crippen LogP contribution in [0.4, 0.5) is 0 Å². The summed E-state index contributed by atoms with van der Waals surface area (Å²) in [5.74, 6) is -0.653. The summed E-state index contributed by atoms with van der Waals surface area (Å²) in [5.41, 5.74) is -0.285. The van der Waals surface area contributed by atoms with Crippen LogP contribution < -0.4 is 4.72 Å². The molecule has 6 nitrogen and oxygen atoms in total. The fourth-order valence-corrected chi connectivity index (χ4v) is 3.36. The second kappa shape index (κ2) is 7.16. The molecule has 2 N–H and O–H groups in total. The number of nitrogens with one attached hydrogen (secondary N) is 1. The summed E-state index contributed by atoms with van der Waals surface area (Å²) < 4.78 is 37.4. The first-order valence-electron chi connectivity index (χ1n) is 5.65. The molecule has 0 aliphatic heterocycles. The highest BCUT2D eigenvalue weighted by Gasteiger charge is 2.18. The van der Waals surface area contributed by atoms with E-state index in [-0.39, 0.29) is 27.8 Å². The maximum atomic E-state index is 11.9. The van der Waals surface area contributed by atoms with Crippen LogP contribution in [0.25, 0.3) is 0 Å². The zero-order valence-corrected chi connectivity index (χ0v) is 13.0. The normalized spacial score (nSPS) is 13.1. The molecule has 20 heavy (non-hydrogen) atoms. The zero-order valence-electron chi connectivity index (χ0n) is 10.6. The molecular formula is C11H14ClNO5S2. The minimum absolute atomic E-state index is 0.0216. The van der Waals surface area contributed by atoms with Crippen LogP contribution in [0.15, 0.2) is 23.1 Å². The number of hydrogen-bond acceptors (Lipinski definition) is 4. The third-order valence-electron chi connectivity index (χ3n) is 2.42. The number of sulfonamides is 1. The lowest BCUT2D eigenvalue weighted by atomic mass is 10.2. The first kappa shape index (κ1) is 17.1. The summed E-state index contributed by atoms with van der Waals surface area (Å²) in [6, 6.07) is 3.42. The van der Waals surface area contributed by atoms with Crippen molar-refractivity contribution in [3.8, 4) is 0 Å². The topological polar surface area (TPSA) is 101 Å². The summed E-state index contributed by atoms with van der Waals surface area (Å²) >= 11 is 5.67. The van der Waals surface area contributed by atoms with Gasteiger partial charge in [0.1, 0.15) is 0 Å². The molecule has 1 aromatic carbocycles. The van der Waals surface area contributed by atoms with Crippen molar-refractivity contribution in [2.75, 3.05) is 18.1 Å². The third-order valence-corrected chi connectivity index (χ3v) is 5.51. The van der Waals surface area contributed by atoms with Crippen LogP contribution in [-0.2, 0) is 20.8 Å². The fraction of sp³-hybridized carbons (Fsp3) is 0.364. The standard InChI is InChI=1S/C11H14ClNO5S2/c1-2-19(16)6-5-13-20(17,18)8-3-4-10(12)9(7-8)11(14)15/h3-4,7,13H,2,5-6H2,1H3,(H,14,15). The van der Waals surface area contributed by atoms with Gasteiger partial charge >= 0.3 is 5.97 Å². The van der Waals surface area contributed by atoms with Gasteiger partial charge in [0.2, 0.25) is 10.0 Å². The van der Waals surface area contributed by atoms with E-state index in [1.54, 1.807) is 6.92 Å². The maximum Gasteiger partial charge on any atom is 0.337 e. The molecule has 0 fully saturated rings. The molecule has 0 aliphatic rings. The predicted molar refractivity (Wildman–Crippen MR) is 77.2 cm³/mol. The Hall–Kier alpha value is -0.960. The highest BCUT2D eigenvalue weighted by Crippen LogP contribution is 2.20. The zero-order chi connectivity index (χ0) is 15.3. The van der Waals surface area contributed by atoms with Crippen LogP contribution >= 0.6 is 11.6 Å². The SMILES string of the molecule is CCS(=O)CCNS(=O)(=O)c1ccc(Cl)c(C(=O)O)c1. The van der Waals surface area contributed by atoms with E-state index in [0.717, 1.165) is 6.07 Å². The molecule has 9 heteroatoms. The summed E-state index contributed by atoms with van der Waals surface area (Å²) in [6.45, 7) is 1.76. The third kappa shape index (κ3) is 4.55. The number of halogens is 1. The maximum absolute atomic E-state index is 11.9. The number of carboxylic acid groups (broad SMARTS) is 1.